The van der Waals surface area contributed by atoms with Crippen LogP contribution in [0.5, 0.6) is 0 Å². The van der Waals surface area contributed by atoms with Crippen LogP contribution in [0.2, 0.25) is 5.02 Å². The first-order chi connectivity index (χ1) is 12.5. The Morgan fingerprint density at radius 2 is 1.81 bits per heavy atom. The SMILES string of the molecule is CN(C)C(=O)c1c2c(nc3ccccc13)C(=Cc1ccc(Cl)cc1)CC2. The van der Waals surface area contributed by atoms with E-state index in [4.69, 9.17) is 16.6 Å². The highest BCUT2D eigenvalue weighted by molar-refractivity contribution is 6.30. The first kappa shape index (κ1) is 16.8. The van der Waals surface area contributed by atoms with Crippen LogP contribution in [0, 0.1) is 0 Å². The Kier molecular flexibility index (Phi) is 4.25. The summed E-state index contributed by atoms with van der Waals surface area (Å²) in [5, 5.41) is 1.65. The second-order valence-corrected chi connectivity index (χ2v) is 7.19. The zero-order valence-corrected chi connectivity index (χ0v) is 15.5. The van der Waals surface area contributed by atoms with Crippen molar-refractivity contribution in [3.8, 4) is 0 Å². The van der Waals surface area contributed by atoms with Gasteiger partial charge >= 0.3 is 0 Å². The highest BCUT2D eigenvalue weighted by Gasteiger charge is 2.27. The van der Waals surface area contributed by atoms with Gasteiger partial charge in [0.15, 0.2) is 0 Å². The van der Waals surface area contributed by atoms with Gasteiger partial charge in [-0.15, -0.1) is 0 Å². The molecule has 1 aromatic heterocycles. The van der Waals surface area contributed by atoms with Crippen LogP contribution in [0.25, 0.3) is 22.6 Å². The molecule has 0 N–H and O–H groups in total. The van der Waals surface area contributed by atoms with Crippen LogP contribution in [-0.4, -0.2) is 29.9 Å². The van der Waals surface area contributed by atoms with E-state index < -0.39 is 0 Å². The van der Waals surface area contributed by atoms with Gasteiger partial charge in [0.25, 0.3) is 5.91 Å². The van der Waals surface area contributed by atoms with Gasteiger partial charge in [0.05, 0.1) is 16.8 Å². The van der Waals surface area contributed by atoms with E-state index in [0.29, 0.717) is 0 Å². The average molecular weight is 363 g/mol. The van der Waals surface area contributed by atoms with Crippen LogP contribution in [-0.2, 0) is 6.42 Å². The van der Waals surface area contributed by atoms with Crippen molar-refractivity contribution in [3.63, 3.8) is 0 Å². The number of halogens is 1. The molecule has 0 saturated heterocycles. The Labute approximate surface area is 157 Å². The lowest BCUT2D eigenvalue weighted by atomic mass is 9.99. The normalized spacial score (nSPS) is 14.7. The van der Waals surface area contributed by atoms with Crippen molar-refractivity contribution in [2.75, 3.05) is 14.1 Å². The van der Waals surface area contributed by atoms with Crippen LogP contribution in [0.3, 0.4) is 0 Å². The van der Waals surface area contributed by atoms with Gasteiger partial charge in [-0.2, -0.15) is 0 Å². The van der Waals surface area contributed by atoms with Gasteiger partial charge in [-0.25, -0.2) is 4.98 Å². The summed E-state index contributed by atoms with van der Waals surface area (Å²) in [6.45, 7) is 0. The molecular weight excluding hydrogens is 344 g/mol. The maximum atomic E-state index is 12.9. The van der Waals surface area contributed by atoms with E-state index in [-0.39, 0.29) is 5.91 Å². The molecule has 0 spiro atoms. The van der Waals surface area contributed by atoms with Crippen molar-refractivity contribution in [3.05, 3.63) is 75.9 Å². The molecule has 0 aliphatic heterocycles. The molecular formula is C22H19ClN2O. The molecule has 0 fully saturated rings. The van der Waals surface area contributed by atoms with E-state index >= 15 is 0 Å². The van der Waals surface area contributed by atoms with E-state index in [2.05, 4.69) is 6.08 Å². The molecule has 4 heteroatoms. The van der Waals surface area contributed by atoms with Crippen LogP contribution in [0.1, 0.15) is 33.6 Å². The van der Waals surface area contributed by atoms with Gasteiger partial charge in [0.1, 0.15) is 0 Å². The molecule has 1 aliphatic carbocycles. The fourth-order valence-corrected chi connectivity index (χ4v) is 3.63. The van der Waals surface area contributed by atoms with Crippen LogP contribution in [0.4, 0.5) is 0 Å². The summed E-state index contributed by atoms with van der Waals surface area (Å²) in [6, 6.07) is 15.7. The minimum atomic E-state index is 0.0348. The number of benzene rings is 2. The number of pyridine rings is 1. The van der Waals surface area contributed by atoms with Gasteiger partial charge in [-0.1, -0.05) is 41.9 Å². The molecule has 3 aromatic rings. The Hall–Kier alpha value is -2.65. The molecule has 0 atom stereocenters. The lowest BCUT2D eigenvalue weighted by molar-refractivity contribution is 0.0828. The number of carbonyl (C=O) groups is 1. The van der Waals surface area contributed by atoms with E-state index in [1.54, 1.807) is 19.0 Å². The van der Waals surface area contributed by atoms with Crippen molar-refractivity contribution in [2.45, 2.75) is 12.8 Å². The monoisotopic (exact) mass is 362 g/mol. The van der Waals surface area contributed by atoms with E-state index in [1.165, 1.54) is 5.57 Å². The summed E-state index contributed by atoms with van der Waals surface area (Å²) in [7, 11) is 3.59. The fraction of sp³-hybridized carbons (Fsp3) is 0.182. The van der Waals surface area contributed by atoms with E-state index in [0.717, 1.165) is 51.2 Å². The summed E-state index contributed by atoms with van der Waals surface area (Å²) in [5.41, 5.74) is 5.91. The van der Waals surface area contributed by atoms with Gasteiger partial charge < -0.3 is 4.90 Å². The van der Waals surface area contributed by atoms with Gasteiger partial charge in [-0.05, 0) is 53.8 Å². The average Bonchev–Trinajstić information content (AvgIpc) is 3.03. The number of hydrogen-bond donors (Lipinski definition) is 0. The van der Waals surface area contributed by atoms with E-state index in [9.17, 15) is 4.79 Å². The second-order valence-electron chi connectivity index (χ2n) is 6.75. The Balaban J connectivity index is 1.92. The maximum absolute atomic E-state index is 12.9. The largest absolute Gasteiger partial charge is 0.345 e. The van der Waals surface area contributed by atoms with Gasteiger partial charge in [-0.3, -0.25) is 4.79 Å². The fourth-order valence-electron chi connectivity index (χ4n) is 3.51. The first-order valence-corrected chi connectivity index (χ1v) is 9.02. The molecule has 2 aromatic carbocycles. The third-order valence-corrected chi connectivity index (χ3v) is 5.02. The van der Waals surface area contributed by atoms with Crippen LogP contribution < -0.4 is 0 Å². The molecule has 0 saturated carbocycles. The second kappa shape index (κ2) is 6.58. The highest BCUT2D eigenvalue weighted by atomic mass is 35.5. The summed E-state index contributed by atoms with van der Waals surface area (Å²) in [5.74, 6) is 0.0348. The Morgan fingerprint density at radius 1 is 1.08 bits per heavy atom. The standard InChI is InChI=1S/C22H19ClN2O/c1-25(2)22(26)20-17-5-3-4-6-19(17)24-21-15(9-12-18(20)21)13-14-7-10-16(23)11-8-14/h3-8,10-11,13H,9,12H2,1-2H3. The Morgan fingerprint density at radius 3 is 2.54 bits per heavy atom. The third-order valence-electron chi connectivity index (χ3n) is 4.77. The number of hydrogen-bond acceptors (Lipinski definition) is 2. The zero-order valence-electron chi connectivity index (χ0n) is 14.8. The van der Waals surface area contributed by atoms with E-state index in [1.807, 2.05) is 48.5 Å². The van der Waals surface area contributed by atoms with Crippen molar-refractivity contribution in [1.29, 1.82) is 0 Å². The van der Waals surface area contributed by atoms with Crippen molar-refractivity contribution in [1.82, 2.24) is 9.88 Å². The van der Waals surface area contributed by atoms with Crippen LogP contribution in [0.15, 0.2) is 48.5 Å². The van der Waals surface area contributed by atoms with Crippen molar-refractivity contribution in [2.24, 2.45) is 0 Å². The number of amides is 1. The molecule has 3 nitrogen and oxygen atoms in total. The minimum absolute atomic E-state index is 0.0348. The molecule has 0 bridgehead atoms. The number of para-hydroxylation sites is 1. The highest BCUT2D eigenvalue weighted by Crippen LogP contribution is 2.37. The van der Waals surface area contributed by atoms with Crippen molar-refractivity contribution < 1.29 is 4.79 Å². The lowest BCUT2D eigenvalue weighted by Gasteiger charge is -2.16. The molecule has 1 amide bonds. The number of fused-ring (bicyclic) bond motifs is 2. The predicted octanol–water partition coefficient (Wildman–Crippen LogP) is 5.08. The van der Waals surface area contributed by atoms with Crippen molar-refractivity contribution >= 4 is 40.1 Å². The van der Waals surface area contributed by atoms with Gasteiger partial charge in [0.2, 0.25) is 0 Å². The number of rotatable bonds is 2. The summed E-state index contributed by atoms with van der Waals surface area (Å²) in [6.07, 6.45) is 3.87. The molecule has 4 rings (SSSR count). The topological polar surface area (TPSA) is 33.2 Å². The maximum Gasteiger partial charge on any atom is 0.254 e. The molecule has 1 heterocycles. The lowest BCUT2D eigenvalue weighted by Crippen LogP contribution is -2.23. The number of allylic oxidation sites excluding steroid dienone is 1. The summed E-state index contributed by atoms with van der Waals surface area (Å²) < 4.78 is 0. The number of carbonyl (C=O) groups excluding carboxylic acids is 1. The molecule has 1 aliphatic rings. The summed E-state index contributed by atoms with van der Waals surface area (Å²) >= 11 is 5.98. The molecule has 0 unspecified atom stereocenters. The smallest absolute Gasteiger partial charge is 0.254 e. The third kappa shape index (κ3) is 2.89. The predicted molar refractivity (Wildman–Crippen MR) is 107 cm³/mol. The zero-order chi connectivity index (χ0) is 18.3. The molecule has 130 valence electrons. The van der Waals surface area contributed by atoms with Crippen LogP contribution >= 0.6 is 11.6 Å². The summed E-state index contributed by atoms with van der Waals surface area (Å²) in [4.78, 5) is 19.4. The number of nitrogens with zero attached hydrogens (tertiary/aromatic N) is 2. The number of aromatic nitrogens is 1. The molecule has 26 heavy (non-hydrogen) atoms. The Bertz CT molecular complexity index is 1040. The first-order valence-electron chi connectivity index (χ1n) is 8.64. The van der Waals surface area contributed by atoms with Gasteiger partial charge in [0, 0.05) is 24.5 Å². The quantitative estimate of drug-likeness (QED) is 0.637. The molecule has 0 radical (unpaired) electrons. The minimum Gasteiger partial charge on any atom is -0.345 e.